The maximum absolute atomic E-state index is 12.2. The molecule has 1 aliphatic heterocycles. The van der Waals surface area contributed by atoms with Crippen LogP contribution in [0.2, 0.25) is 0 Å². The van der Waals surface area contributed by atoms with Gasteiger partial charge in [0.25, 0.3) is 0 Å². The molecular formula is C14H18F3N3O4S. The minimum Gasteiger partial charge on any atom is -0.381 e. The topological polar surface area (TPSA) is 111 Å². The molecule has 1 aromatic rings. The number of hydrogen-bond acceptors (Lipinski definition) is 5. The number of alkyl halides is 3. The molecular weight excluding hydrogens is 363 g/mol. The molecule has 1 fully saturated rings. The van der Waals surface area contributed by atoms with Gasteiger partial charge in [0.2, 0.25) is 15.9 Å². The van der Waals surface area contributed by atoms with Crippen molar-refractivity contribution < 1.29 is 31.1 Å². The molecule has 0 atom stereocenters. The van der Waals surface area contributed by atoms with E-state index in [2.05, 4.69) is 5.32 Å². The summed E-state index contributed by atoms with van der Waals surface area (Å²) in [5.74, 6) is -0.429. The van der Waals surface area contributed by atoms with E-state index in [1.807, 2.05) is 0 Å². The number of amides is 1. The number of sulfonamides is 1. The van der Waals surface area contributed by atoms with Crippen LogP contribution in [0.5, 0.6) is 0 Å². The van der Waals surface area contributed by atoms with E-state index in [9.17, 15) is 26.4 Å². The summed E-state index contributed by atoms with van der Waals surface area (Å²) in [5.41, 5.74) is 5.24. The van der Waals surface area contributed by atoms with Crippen LogP contribution in [0, 0.1) is 0 Å². The standard InChI is InChI=1S/C14H18F3N3O4S/c15-14(16,17)9-19-25(22,23)11-3-1-10(2-4-11)20-12(21)13(18)5-7-24-8-6-13/h1-4,19H,5-9,18H2,(H,20,21). The summed E-state index contributed by atoms with van der Waals surface area (Å²) in [7, 11) is -4.30. The fourth-order valence-electron chi connectivity index (χ4n) is 2.20. The highest BCUT2D eigenvalue weighted by Gasteiger charge is 2.36. The van der Waals surface area contributed by atoms with Crippen LogP contribution in [0.4, 0.5) is 18.9 Å². The molecule has 1 amide bonds. The number of hydrogen-bond donors (Lipinski definition) is 3. The summed E-state index contributed by atoms with van der Waals surface area (Å²) in [6.45, 7) is -0.927. The van der Waals surface area contributed by atoms with Gasteiger partial charge in [-0.1, -0.05) is 0 Å². The summed E-state index contributed by atoms with van der Waals surface area (Å²) in [6, 6.07) is 4.76. The number of rotatable bonds is 5. The average molecular weight is 381 g/mol. The summed E-state index contributed by atoms with van der Waals surface area (Å²) in [4.78, 5) is 11.9. The predicted octanol–water partition coefficient (Wildman–Crippen LogP) is 0.974. The first kappa shape index (κ1) is 19.6. The summed E-state index contributed by atoms with van der Waals surface area (Å²) < 4.78 is 66.5. The smallest absolute Gasteiger partial charge is 0.381 e. The number of nitrogens with one attached hydrogen (secondary N) is 2. The molecule has 25 heavy (non-hydrogen) atoms. The van der Waals surface area contributed by atoms with Crippen LogP contribution in [0.15, 0.2) is 29.2 Å². The van der Waals surface area contributed by atoms with Crippen LogP contribution in [-0.4, -0.2) is 45.8 Å². The SMILES string of the molecule is NC1(C(=O)Nc2ccc(S(=O)(=O)NCC(F)(F)F)cc2)CCOCC1. The lowest BCUT2D eigenvalue weighted by Gasteiger charge is -2.31. The molecule has 1 heterocycles. The molecule has 1 aliphatic rings. The molecule has 0 saturated carbocycles. The third-order valence-corrected chi connectivity index (χ3v) is 5.14. The second-order valence-electron chi connectivity index (χ2n) is 5.69. The Bertz CT molecular complexity index is 714. The highest BCUT2D eigenvalue weighted by molar-refractivity contribution is 7.89. The van der Waals surface area contributed by atoms with Gasteiger partial charge < -0.3 is 15.8 Å². The quantitative estimate of drug-likeness (QED) is 0.704. The lowest BCUT2D eigenvalue weighted by molar-refractivity contribution is -0.124. The van der Waals surface area contributed by atoms with Crippen LogP contribution >= 0.6 is 0 Å². The normalized spacial score (nSPS) is 17.9. The molecule has 0 bridgehead atoms. The van der Waals surface area contributed by atoms with Gasteiger partial charge in [-0.3, -0.25) is 4.79 Å². The Morgan fingerprint density at radius 3 is 2.28 bits per heavy atom. The molecule has 0 aromatic heterocycles. The van der Waals surface area contributed by atoms with Gasteiger partial charge in [-0.25, -0.2) is 13.1 Å². The van der Waals surface area contributed by atoms with E-state index in [-0.39, 0.29) is 10.6 Å². The monoisotopic (exact) mass is 381 g/mol. The van der Waals surface area contributed by atoms with Crippen molar-refractivity contribution in [2.24, 2.45) is 5.73 Å². The molecule has 7 nitrogen and oxygen atoms in total. The van der Waals surface area contributed by atoms with E-state index >= 15 is 0 Å². The van der Waals surface area contributed by atoms with Gasteiger partial charge in [0.1, 0.15) is 12.1 Å². The molecule has 0 spiro atoms. The zero-order chi connectivity index (χ0) is 18.7. The van der Waals surface area contributed by atoms with Crippen molar-refractivity contribution in [1.82, 2.24) is 4.72 Å². The van der Waals surface area contributed by atoms with Gasteiger partial charge in [0.05, 0.1) is 4.90 Å². The van der Waals surface area contributed by atoms with Crippen molar-refractivity contribution in [3.8, 4) is 0 Å². The summed E-state index contributed by atoms with van der Waals surface area (Å²) in [6.07, 6.45) is -3.94. The number of nitrogens with two attached hydrogens (primary N) is 1. The van der Waals surface area contributed by atoms with E-state index in [0.717, 1.165) is 12.1 Å². The fraction of sp³-hybridized carbons (Fsp3) is 0.500. The van der Waals surface area contributed by atoms with Crippen molar-refractivity contribution in [2.75, 3.05) is 25.1 Å². The maximum Gasteiger partial charge on any atom is 0.402 e. The molecule has 0 radical (unpaired) electrons. The fourth-order valence-corrected chi connectivity index (χ4v) is 3.21. The Kier molecular flexibility index (Phi) is 5.72. The minimum absolute atomic E-state index is 0.288. The molecule has 140 valence electrons. The van der Waals surface area contributed by atoms with Gasteiger partial charge in [-0.05, 0) is 37.1 Å². The van der Waals surface area contributed by atoms with E-state index in [0.29, 0.717) is 26.1 Å². The van der Waals surface area contributed by atoms with E-state index in [1.165, 1.54) is 16.9 Å². The summed E-state index contributed by atoms with van der Waals surface area (Å²) in [5, 5.41) is 2.57. The van der Waals surface area contributed by atoms with E-state index in [4.69, 9.17) is 10.5 Å². The van der Waals surface area contributed by atoms with Gasteiger partial charge in [-0.2, -0.15) is 13.2 Å². The number of anilines is 1. The zero-order valence-electron chi connectivity index (χ0n) is 13.1. The highest BCUT2D eigenvalue weighted by atomic mass is 32.2. The Morgan fingerprint density at radius 2 is 1.76 bits per heavy atom. The Balaban J connectivity index is 2.03. The van der Waals surface area contributed by atoms with Crippen molar-refractivity contribution in [3.05, 3.63) is 24.3 Å². The Hall–Kier alpha value is -1.69. The van der Waals surface area contributed by atoms with Crippen LogP contribution in [0.1, 0.15) is 12.8 Å². The van der Waals surface area contributed by atoms with Crippen molar-refractivity contribution in [2.45, 2.75) is 29.5 Å². The molecule has 11 heteroatoms. The predicted molar refractivity (Wildman–Crippen MR) is 83.3 cm³/mol. The van der Waals surface area contributed by atoms with Crippen molar-refractivity contribution >= 4 is 21.6 Å². The maximum atomic E-state index is 12.2. The van der Waals surface area contributed by atoms with Crippen LogP contribution in [0.25, 0.3) is 0 Å². The lowest BCUT2D eigenvalue weighted by Crippen LogP contribution is -2.54. The molecule has 1 aromatic carbocycles. The molecule has 1 saturated heterocycles. The van der Waals surface area contributed by atoms with Gasteiger partial charge in [0, 0.05) is 18.9 Å². The third-order valence-electron chi connectivity index (χ3n) is 3.72. The largest absolute Gasteiger partial charge is 0.402 e. The number of ether oxygens (including phenoxy) is 1. The molecule has 0 aliphatic carbocycles. The first-order valence-corrected chi connectivity index (χ1v) is 8.85. The van der Waals surface area contributed by atoms with Crippen molar-refractivity contribution in [1.29, 1.82) is 0 Å². The second-order valence-corrected chi connectivity index (χ2v) is 7.45. The third kappa shape index (κ3) is 5.39. The average Bonchev–Trinajstić information content (AvgIpc) is 2.54. The second kappa shape index (κ2) is 7.28. The Labute approximate surface area is 142 Å². The van der Waals surface area contributed by atoms with Gasteiger partial charge in [-0.15, -0.1) is 0 Å². The number of benzene rings is 1. The van der Waals surface area contributed by atoms with Crippen LogP contribution in [0.3, 0.4) is 0 Å². The van der Waals surface area contributed by atoms with E-state index < -0.39 is 34.2 Å². The Morgan fingerprint density at radius 1 is 1.20 bits per heavy atom. The van der Waals surface area contributed by atoms with Crippen LogP contribution < -0.4 is 15.8 Å². The first-order valence-electron chi connectivity index (χ1n) is 7.36. The van der Waals surface area contributed by atoms with Gasteiger partial charge >= 0.3 is 6.18 Å². The lowest BCUT2D eigenvalue weighted by atomic mass is 9.90. The minimum atomic E-state index is -4.65. The number of carbonyl (C=O) groups is 1. The number of halogens is 3. The number of carbonyl (C=O) groups excluding carboxylic acids is 1. The molecule has 0 unspecified atom stereocenters. The molecule has 4 N–H and O–H groups in total. The summed E-state index contributed by atoms with van der Waals surface area (Å²) >= 11 is 0. The van der Waals surface area contributed by atoms with Crippen LogP contribution in [-0.2, 0) is 19.6 Å². The zero-order valence-corrected chi connectivity index (χ0v) is 13.9. The first-order chi connectivity index (χ1) is 11.5. The van der Waals surface area contributed by atoms with Gasteiger partial charge in [0.15, 0.2) is 0 Å². The highest BCUT2D eigenvalue weighted by Crippen LogP contribution is 2.21. The van der Waals surface area contributed by atoms with Crippen molar-refractivity contribution in [3.63, 3.8) is 0 Å². The molecule has 2 rings (SSSR count). The van der Waals surface area contributed by atoms with E-state index in [1.54, 1.807) is 0 Å².